The Morgan fingerprint density at radius 2 is 1.94 bits per heavy atom. The smallest absolute Gasteiger partial charge is 0.257 e. The number of amides is 1. The van der Waals surface area contributed by atoms with E-state index in [0.717, 1.165) is 6.26 Å². The summed E-state index contributed by atoms with van der Waals surface area (Å²) in [5, 5.41) is 16.2. The van der Waals surface area contributed by atoms with Gasteiger partial charge in [0.05, 0.1) is 12.8 Å². The zero-order chi connectivity index (χ0) is 23.3. The summed E-state index contributed by atoms with van der Waals surface area (Å²) in [6.45, 7) is 1.68. The Labute approximate surface area is 185 Å². The molecule has 1 aromatic carbocycles. The third kappa shape index (κ3) is 6.05. The topological polar surface area (TPSA) is 133 Å². The average molecular weight is 461 g/mol. The number of carbonyl (C=O) groups is 1. The summed E-state index contributed by atoms with van der Waals surface area (Å²) in [5.41, 5.74) is 0.247. The van der Waals surface area contributed by atoms with Gasteiger partial charge in [-0.1, -0.05) is 6.92 Å². The molecule has 0 saturated heterocycles. The van der Waals surface area contributed by atoms with Crippen LogP contribution in [0.2, 0.25) is 0 Å². The fourth-order valence-electron chi connectivity index (χ4n) is 2.72. The molecule has 0 fully saturated rings. The lowest BCUT2D eigenvalue weighted by Crippen LogP contribution is -2.20. The van der Waals surface area contributed by atoms with E-state index < -0.39 is 21.8 Å². The van der Waals surface area contributed by atoms with Crippen LogP contribution in [0.25, 0.3) is 0 Å². The SMILES string of the molecule is CC[C@@H](CO)Oc1cc(Oc2ccc(S(C)(=O)=O)nc2)cc(C(=O)Nc2ccn(C)n2)c1. The highest BCUT2D eigenvalue weighted by molar-refractivity contribution is 7.90. The van der Waals surface area contributed by atoms with Crippen molar-refractivity contribution >= 4 is 21.6 Å². The van der Waals surface area contributed by atoms with E-state index in [0.29, 0.717) is 18.0 Å². The quantitative estimate of drug-likeness (QED) is 0.497. The number of ether oxygens (including phenoxy) is 2. The summed E-state index contributed by atoms with van der Waals surface area (Å²) >= 11 is 0. The number of benzene rings is 1. The molecule has 2 aromatic heterocycles. The first-order valence-electron chi connectivity index (χ1n) is 9.75. The third-order valence-corrected chi connectivity index (χ3v) is 5.39. The molecular formula is C21H24N4O6S. The molecule has 3 rings (SSSR count). The molecule has 0 radical (unpaired) electrons. The summed E-state index contributed by atoms with van der Waals surface area (Å²) < 4.78 is 36.3. The van der Waals surface area contributed by atoms with E-state index in [2.05, 4.69) is 15.4 Å². The first-order valence-corrected chi connectivity index (χ1v) is 11.6. The molecule has 0 bridgehead atoms. The largest absolute Gasteiger partial charge is 0.488 e. The van der Waals surface area contributed by atoms with Crippen molar-refractivity contribution in [2.75, 3.05) is 18.2 Å². The lowest BCUT2D eigenvalue weighted by Gasteiger charge is -2.17. The van der Waals surface area contributed by atoms with Gasteiger partial charge in [0.2, 0.25) is 0 Å². The number of sulfone groups is 1. The van der Waals surface area contributed by atoms with Crippen LogP contribution in [-0.2, 0) is 16.9 Å². The van der Waals surface area contributed by atoms with Crippen molar-refractivity contribution in [1.82, 2.24) is 14.8 Å². The van der Waals surface area contributed by atoms with Crippen LogP contribution in [0.1, 0.15) is 23.7 Å². The van der Waals surface area contributed by atoms with Gasteiger partial charge in [-0.3, -0.25) is 9.48 Å². The van der Waals surface area contributed by atoms with Crippen LogP contribution >= 0.6 is 0 Å². The van der Waals surface area contributed by atoms with Gasteiger partial charge in [0.25, 0.3) is 5.91 Å². The summed E-state index contributed by atoms with van der Waals surface area (Å²) in [6.07, 6.45) is 4.15. The lowest BCUT2D eigenvalue weighted by atomic mass is 10.1. The number of carbonyl (C=O) groups excluding carboxylic acids is 1. The maximum atomic E-state index is 12.8. The molecule has 2 heterocycles. The summed E-state index contributed by atoms with van der Waals surface area (Å²) in [7, 11) is -1.70. The standard InChI is InChI=1S/C21H24N4O6S/c1-4-15(13-26)30-17-9-14(21(27)23-19-7-8-25(2)24-19)10-18(11-17)31-16-5-6-20(22-12-16)32(3,28)29/h5-12,15,26H,4,13H2,1-3H3,(H,23,24,27)/t15-/m0/s1. The summed E-state index contributed by atoms with van der Waals surface area (Å²) in [4.78, 5) is 16.7. The van der Waals surface area contributed by atoms with Gasteiger partial charge in [-0.15, -0.1) is 0 Å². The number of nitrogens with one attached hydrogen (secondary N) is 1. The number of rotatable bonds is 9. The second-order valence-corrected chi connectivity index (χ2v) is 9.02. The van der Waals surface area contributed by atoms with Crippen LogP contribution in [0.4, 0.5) is 5.82 Å². The minimum absolute atomic E-state index is 0.0777. The number of aromatic nitrogens is 3. The lowest BCUT2D eigenvalue weighted by molar-refractivity contribution is 0.102. The third-order valence-electron chi connectivity index (χ3n) is 4.38. The van der Waals surface area contributed by atoms with E-state index in [9.17, 15) is 18.3 Å². The van der Waals surface area contributed by atoms with Gasteiger partial charge in [0.15, 0.2) is 20.7 Å². The van der Waals surface area contributed by atoms with Crippen LogP contribution < -0.4 is 14.8 Å². The molecule has 0 aliphatic rings. The van der Waals surface area contributed by atoms with Crippen LogP contribution in [0.15, 0.2) is 53.8 Å². The molecule has 10 nitrogen and oxygen atoms in total. The Morgan fingerprint density at radius 3 is 2.50 bits per heavy atom. The van der Waals surface area contributed by atoms with Crippen molar-refractivity contribution in [2.24, 2.45) is 7.05 Å². The molecule has 1 atom stereocenters. The zero-order valence-corrected chi connectivity index (χ0v) is 18.7. The van der Waals surface area contributed by atoms with Gasteiger partial charge in [-0.2, -0.15) is 5.10 Å². The van der Waals surface area contributed by atoms with Gasteiger partial charge in [0, 0.05) is 37.2 Å². The molecule has 32 heavy (non-hydrogen) atoms. The van der Waals surface area contributed by atoms with E-state index in [-0.39, 0.29) is 28.7 Å². The van der Waals surface area contributed by atoms with Gasteiger partial charge in [-0.05, 0) is 30.7 Å². The highest BCUT2D eigenvalue weighted by Gasteiger charge is 2.15. The van der Waals surface area contributed by atoms with Crippen LogP contribution in [0, 0.1) is 0 Å². The molecule has 11 heteroatoms. The molecule has 0 aliphatic carbocycles. The fourth-order valence-corrected chi connectivity index (χ4v) is 3.28. The van der Waals surface area contributed by atoms with Crippen molar-refractivity contribution in [1.29, 1.82) is 0 Å². The highest BCUT2D eigenvalue weighted by atomic mass is 32.2. The molecular weight excluding hydrogens is 436 g/mol. The van der Waals surface area contributed by atoms with Gasteiger partial charge >= 0.3 is 0 Å². The molecule has 0 aliphatic heterocycles. The van der Waals surface area contributed by atoms with E-state index >= 15 is 0 Å². The Balaban J connectivity index is 1.89. The minimum atomic E-state index is -3.44. The normalized spacial score (nSPS) is 12.2. The molecule has 0 unspecified atom stereocenters. The zero-order valence-electron chi connectivity index (χ0n) is 17.8. The summed E-state index contributed by atoms with van der Waals surface area (Å²) in [6, 6.07) is 9.07. The van der Waals surface area contributed by atoms with Crippen molar-refractivity contribution < 1.29 is 27.8 Å². The van der Waals surface area contributed by atoms with Crippen LogP contribution in [-0.4, -0.2) is 53.2 Å². The molecule has 170 valence electrons. The average Bonchev–Trinajstić information content (AvgIpc) is 3.16. The number of nitrogens with zero attached hydrogens (tertiary/aromatic N) is 3. The van der Waals surface area contributed by atoms with Crippen molar-refractivity contribution in [3.63, 3.8) is 0 Å². The first kappa shape index (κ1) is 23.2. The molecule has 0 saturated carbocycles. The van der Waals surface area contributed by atoms with Gasteiger partial charge < -0.3 is 19.9 Å². The predicted molar refractivity (Wildman–Crippen MR) is 117 cm³/mol. The number of hydrogen-bond acceptors (Lipinski definition) is 8. The number of pyridine rings is 1. The monoisotopic (exact) mass is 460 g/mol. The first-order chi connectivity index (χ1) is 15.2. The summed E-state index contributed by atoms with van der Waals surface area (Å²) in [5.74, 6) is 0.834. The Morgan fingerprint density at radius 1 is 1.19 bits per heavy atom. The van der Waals surface area contributed by atoms with E-state index in [1.54, 1.807) is 30.1 Å². The molecule has 0 spiro atoms. The molecule has 3 aromatic rings. The van der Waals surface area contributed by atoms with Crippen molar-refractivity contribution in [3.8, 4) is 17.2 Å². The molecule has 2 N–H and O–H groups in total. The van der Waals surface area contributed by atoms with Gasteiger partial charge in [-0.25, -0.2) is 13.4 Å². The maximum absolute atomic E-state index is 12.8. The van der Waals surface area contributed by atoms with E-state index in [1.165, 1.54) is 30.5 Å². The van der Waals surface area contributed by atoms with Crippen LogP contribution in [0.3, 0.4) is 0 Å². The fraction of sp³-hybridized carbons (Fsp3) is 0.286. The Hall–Kier alpha value is -3.44. The van der Waals surface area contributed by atoms with E-state index in [1.807, 2.05) is 6.92 Å². The molecule has 1 amide bonds. The van der Waals surface area contributed by atoms with Gasteiger partial charge in [0.1, 0.15) is 23.4 Å². The van der Waals surface area contributed by atoms with Crippen LogP contribution in [0.5, 0.6) is 17.2 Å². The Kier molecular flexibility index (Phi) is 7.11. The predicted octanol–water partition coefficient (Wildman–Crippen LogP) is 2.41. The number of anilines is 1. The number of aryl methyl sites for hydroxylation is 1. The second kappa shape index (κ2) is 9.79. The Bertz CT molecular complexity index is 1190. The van der Waals surface area contributed by atoms with E-state index in [4.69, 9.17) is 9.47 Å². The highest BCUT2D eigenvalue weighted by Crippen LogP contribution is 2.29. The van der Waals surface area contributed by atoms with Crippen molar-refractivity contribution in [2.45, 2.75) is 24.5 Å². The number of aliphatic hydroxyl groups is 1. The second-order valence-electron chi connectivity index (χ2n) is 7.06. The number of aliphatic hydroxyl groups excluding tert-OH is 1. The minimum Gasteiger partial charge on any atom is -0.488 e. The van der Waals surface area contributed by atoms with Crippen molar-refractivity contribution in [3.05, 3.63) is 54.4 Å². The number of hydrogen-bond donors (Lipinski definition) is 2. The maximum Gasteiger partial charge on any atom is 0.257 e.